The number of carbonyl (C=O) groups is 2. The Morgan fingerprint density at radius 2 is 1.54 bits per heavy atom. The molecule has 0 radical (unpaired) electrons. The molecular formula is C16H20F3NO4. The first-order valence-electron chi connectivity index (χ1n) is 7.48. The predicted octanol–water partition coefficient (Wildman–Crippen LogP) is 2.45. The van der Waals surface area contributed by atoms with Crippen molar-refractivity contribution in [2.45, 2.75) is 32.6 Å². The summed E-state index contributed by atoms with van der Waals surface area (Å²) in [4.78, 5) is 23.8. The quantitative estimate of drug-likeness (QED) is 0.578. The van der Waals surface area contributed by atoms with Crippen LogP contribution in [0.4, 0.5) is 13.2 Å². The van der Waals surface area contributed by atoms with Gasteiger partial charge in [-0.15, -0.1) is 0 Å². The van der Waals surface area contributed by atoms with Gasteiger partial charge in [0.05, 0.1) is 13.2 Å². The third-order valence-corrected chi connectivity index (χ3v) is 3.14. The Morgan fingerprint density at radius 3 is 1.96 bits per heavy atom. The van der Waals surface area contributed by atoms with Crippen LogP contribution in [-0.4, -0.2) is 37.4 Å². The van der Waals surface area contributed by atoms with Gasteiger partial charge in [-0.05, 0) is 19.4 Å². The maximum absolute atomic E-state index is 13.4. The first-order valence-corrected chi connectivity index (χ1v) is 7.48. The number of nitrogens with one attached hydrogen (secondary N) is 1. The summed E-state index contributed by atoms with van der Waals surface area (Å²) in [6, 6.07) is 5.93. The molecule has 0 aliphatic carbocycles. The molecule has 0 aromatic heterocycles. The predicted molar refractivity (Wildman–Crippen MR) is 79.9 cm³/mol. The summed E-state index contributed by atoms with van der Waals surface area (Å²) in [7, 11) is 0. The average molecular weight is 347 g/mol. The van der Waals surface area contributed by atoms with Crippen LogP contribution >= 0.6 is 0 Å². The number of benzene rings is 1. The Kier molecular flexibility index (Phi) is 7.70. The highest BCUT2D eigenvalue weighted by Crippen LogP contribution is 2.28. The van der Waals surface area contributed by atoms with E-state index in [0.717, 1.165) is 0 Å². The summed E-state index contributed by atoms with van der Waals surface area (Å²) in [5.41, 5.74) is 0.582. The Balaban J connectivity index is 3.02. The van der Waals surface area contributed by atoms with Crippen molar-refractivity contribution >= 4 is 11.9 Å². The molecule has 134 valence electrons. The summed E-state index contributed by atoms with van der Waals surface area (Å²) in [6.45, 7) is 2.44. The molecule has 0 bridgehead atoms. The minimum atomic E-state index is -4.83. The second kappa shape index (κ2) is 9.27. The number of ether oxygens (including phenoxy) is 2. The van der Waals surface area contributed by atoms with Crippen LogP contribution in [0.25, 0.3) is 0 Å². The molecule has 0 amide bonds. The van der Waals surface area contributed by atoms with E-state index in [2.05, 4.69) is 14.8 Å². The molecule has 24 heavy (non-hydrogen) atoms. The molecule has 0 aliphatic rings. The van der Waals surface area contributed by atoms with Crippen LogP contribution in [0.5, 0.6) is 0 Å². The fourth-order valence-corrected chi connectivity index (χ4v) is 2.08. The SMILES string of the molecule is CCOC(=O)C(C(=O)OCC)C(NCc1ccccc1)C(F)(F)F. The molecule has 0 saturated heterocycles. The summed E-state index contributed by atoms with van der Waals surface area (Å²) >= 11 is 0. The van der Waals surface area contributed by atoms with E-state index < -0.39 is 30.1 Å². The fraction of sp³-hybridized carbons (Fsp3) is 0.500. The zero-order valence-corrected chi connectivity index (χ0v) is 13.4. The van der Waals surface area contributed by atoms with Crippen molar-refractivity contribution in [2.24, 2.45) is 5.92 Å². The van der Waals surface area contributed by atoms with Gasteiger partial charge in [0.2, 0.25) is 0 Å². The van der Waals surface area contributed by atoms with Gasteiger partial charge in [0.15, 0.2) is 5.92 Å². The lowest BCUT2D eigenvalue weighted by Crippen LogP contribution is -2.53. The number of carbonyl (C=O) groups excluding carboxylic acids is 2. The van der Waals surface area contributed by atoms with Crippen LogP contribution in [0.2, 0.25) is 0 Å². The van der Waals surface area contributed by atoms with Crippen LogP contribution in [0.3, 0.4) is 0 Å². The average Bonchev–Trinajstić information content (AvgIpc) is 2.51. The molecule has 0 spiro atoms. The highest BCUT2D eigenvalue weighted by Gasteiger charge is 2.52. The summed E-state index contributed by atoms with van der Waals surface area (Å²) in [5, 5.41) is 2.23. The molecule has 0 aliphatic heterocycles. The lowest BCUT2D eigenvalue weighted by atomic mass is 9.98. The van der Waals surface area contributed by atoms with Crippen molar-refractivity contribution in [3.63, 3.8) is 0 Å². The van der Waals surface area contributed by atoms with Gasteiger partial charge in [0.1, 0.15) is 6.04 Å². The summed E-state index contributed by atoms with van der Waals surface area (Å²) < 4.78 is 49.4. The van der Waals surface area contributed by atoms with E-state index in [1.54, 1.807) is 30.3 Å². The third kappa shape index (κ3) is 5.84. The number of alkyl halides is 3. The fourth-order valence-electron chi connectivity index (χ4n) is 2.08. The van der Waals surface area contributed by atoms with Gasteiger partial charge in [-0.1, -0.05) is 30.3 Å². The molecule has 0 fully saturated rings. The monoisotopic (exact) mass is 347 g/mol. The first-order chi connectivity index (χ1) is 11.3. The normalized spacial score (nSPS) is 12.8. The van der Waals surface area contributed by atoms with Crippen molar-refractivity contribution in [2.75, 3.05) is 13.2 Å². The first kappa shape index (κ1) is 20.0. The Labute approximate surface area is 138 Å². The van der Waals surface area contributed by atoms with E-state index in [1.807, 2.05) is 0 Å². The largest absolute Gasteiger partial charge is 0.465 e. The lowest BCUT2D eigenvalue weighted by Gasteiger charge is -2.27. The van der Waals surface area contributed by atoms with Crippen LogP contribution in [0.1, 0.15) is 19.4 Å². The molecule has 1 atom stereocenters. The minimum Gasteiger partial charge on any atom is -0.465 e. The summed E-state index contributed by atoms with van der Waals surface area (Å²) in [5.74, 6) is -4.65. The number of hydrogen-bond acceptors (Lipinski definition) is 5. The van der Waals surface area contributed by atoms with E-state index in [0.29, 0.717) is 5.56 Å². The van der Waals surface area contributed by atoms with E-state index in [1.165, 1.54) is 13.8 Å². The molecule has 5 nitrogen and oxygen atoms in total. The molecule has 1 unspecified atom stereocenters. The van der Waals surface area contributed by atoms with Crippen LogP contribution in [0.15, 0.2) is 30.3 Å². The molecule has 1 aromatic carbocycles. The van der Waals surface area contributed by atoms with Crippen LogP contribution in [0, 0.1) is 5.92 Å². The topological polar surface area (TPSA) is 64.6 Å². The van der Waals surface area contributed by atoms with Gasteiger partial charge in [0.25, 0.3) is 0 Å². The number of esters is 2. The number of hydrogen-bond donors (Lipinski definition) is 1. The zero-order valence-electron chi connectivity index (χ0n) is 13.4. The second-order valence-electron chi connectivity index (χ2n) is 4.87. The molecule has 8 heteroatoms. The van der Waals surface area contributed by atoms with Gasteiger partial charge >= 0.3 is 18.1 Å². The number of halogens is 3. The molecular weight excluding hydrogens is 327 g/mol. The van der Waals surface area contributed by atoms with Crippen molar-refractivity contribution in [1.82, 2.24) is 5.32 Å². The molecule has 0 heterocycles. The summed E-state index contributed by atoms with van der Waals surface area (Å²) in [6.07, 6.45) is -4.83. The van der Waals surface area contributed by atoms with Gasteiger partial charge in [-0.3, -0.25) is 9.59 Å². The molecule has 1 rings (SSSR count). The smallest absolute Gasteiger partial charge is 0.405 e. The van der Waals surface area contributed by atoms with E-state index in [4.69, 9.17) is 0 Å². The second-order valence-corrected chi connectivity index (χ2v) is 4.87. The number of rotatable bonds is 8. The minimum absolute atomic E-state index is 0.141. The molecule has 1 N–H and O–H groups in total. The van der Waals surface area contributed by atoms with Gasteiger partial charge in [-0.2, -0.15) is 13.2 Å². The standard InChI is InChI=1S/C16H20F3NO4/c1-3-23-14(21)12(15(22)24-4-2)13(16(17,18)19)20-10-11-8-6-5-7-9-11/h5-9,12-13,20H,3-4,10H2,1-2H3. The Bertz CT molecular complexity index is 516. The van der Waals surface area contributed by atoms with Crippen molar-refractivity contribution in [1.29, 1.82) is 0 Å². The lowest BCUT2D eigenvalue weighted by molar-refractivity contribution is -0.192. The van der Waals surface area contributed by atoms with Gasteiger partial charge < -0.3 is 14.8 Å². The van der Waals surface area contributed by atoms with Crippen molar-refractivity contribution in [3.05, 3.63) is 35.9 Å². The van der Waals surface area contributed by atoms with Crippen molar-refractivity contribution in [3.8, 4) is 0 Å². The van der Waals surface area contributed by atoms with Gasteiger partial charge in [-0.25, -0.2) is 0 Å². The Hall–Kier alpha value is -2.09. The zero-order chi connectivity index (χ0) is 18.2. The van der Waals surface area contributed by atoms with Crippen molar-refractivity contribution < 1.29 is 32.2 Å². The maximum Gasteiger partial charge on any atom is 0.405 e. The maximum atomic E-state index is 13.4. The van der Waals surface area contributed by atoms with Crippen LogP contribution < -0.4 is 5.32 Å². The Morgan fingerprint density at radius 1 is 1.04 bits per heavy atom. The van der Waals surface area contributed by atoms with Gasteiger partial charge in [0, 0.05) is 6.54 Å². The van der Waals surface area contributed by atoms with E-state index in [9.17, 15) is 22.8 Å². The molecule has 1 aromatic rings. The van der Waals surface area contributed by atoms with E-state index >= 15 is 0 Å². The van der Waals surface area contributed by atoms with Crippen LogP contribution in [-0.2, 0) is 25.6 Å². The highest BCUT2D eigenvalue weighted by molar-refractivity contribution is 5.96. The highest BCUT2D eigenvalue weighted by atomic mass is 19.4. The molecule has 0 saturated carbocycles. The van der Waals surface area contributed by atoms with E-state index in [-0.39, 0.29) is 19.8 Å². The third-order valence-electron chi connectivity index (χ3n) is 3.14.